The summed E-state index contributed by atoms with van der Waals surface area (Å²) in [7, 11) is -3.62. The molecule has 0 aliphatic carbocycles. The molecule has 1 amide bonds. The van der Waals surface area contributed by atoms with Gasteiger partial charge < -0.3 is 5.32 Å². The Hall–Kier alpha value is -1.27. The summed E-state index contributed by atoms with van der Waals surface area (Å²) in [5, 5.41) is 3.48. The van der Waals surface area contributed by atoms with E-state index < -0.39 is 16.1 Å². The van der Waals surface area contributed by atoms with Crippen molar-refractivity contribution in [2.75, 3.05) is 10.6 Å². The first kappa shape index (κ1) is 20.8. The number of hydrogen-bond donors (Lipinski definition) is 1. The largest absolute Gasteiger partial charge is 0.351 e. The fourth-order valence-electron chi connectivity index (χ4n) is 2.78. The van der Waals surface area contributed by atoms with Crippen molar-refractivity contribution < 1.29 is 13.2 Å². The minimum atomic E-state index is -3.62. The number of anilines is 1. The maximum atomic E-state index is 12.6. The Kier molecular flexibility index (Phi) is 7.10. The Morgan fingerprint density at radius 1 is 1.04 bits per heavy atom. The number of nitrogens with zero attached hydrogens (tertiary/aromatic N) is 1. The second kappa shape index (κ2) is 8.21. The summed E-state index contributed by atoms with van der Waals surface area (Å²) in [4.78, 5) is 12.6. The van der Waals surface area contributed by atoms with Gasteiger partial charge in [0.25, 0.3) is 0 Å². The van der Waals surface area contributed by atoms with Gasteiger partial charge in [-0.3, -0.25) is 9.10 Å². The molecule has 0 aliphatic heterocycles. The van der Waals surface area contributed by atoms with E-state index in [9.17, 15) is 13.2 Å². The Balaban J connectivity index is 3.11. The lowest BCUT2D eigenvalue weighted by Gasteiger charge is -2.32. The van der Waals surface area contributed by atoms with Gasteiger partial charge in [-0.25, -0.2) is 8.42 Å². The summed E-state index contributed by atoms with van der Waals surface area (Å²) in [5.74, 6) is 0.189. The monoisotopic (exact) mass is 374 g/mol. The van der Waals surface area contributed by atoms with Crippen LogP contribution in [0.5, 0.6) is 0 Å². The highest BCUT2D eigenvalue weighted by Crippen LogP contribution is 2.23. The van der Waals surface area contributed by atoms with E-state index in [2.05, 4.69) is 5.32 Å². The Bertz CT molecular complexity index is 649. The van der Waals surface area contributed by atoms with Crippen LogP contribution in [0.15, 0.2) is 24.3 Å². The third-order valence-electron chi connectivity index (χ3n) is 3.92. The van der Waals surface area contributed by atoms with E-state index >= 15 is 0 Å². The van der Waals surface area contributed by atoms with Crippen LogP contribution in [-0.2, 0) is 14.8 Å². The Morgan fingerprint density at radius 3 is 1.88 bits per heavy atom. The fourth-order valence-corrected chi connectivity index (χ4v) is 4.09. The Labute approximate surface area is 150 Å². The average Bonchev–Trinajstić information content (AvgIpc) is 2.44. The molecule has 0 aromatic heterocycles. The third kappa shape index (κ3) is 5.38. The van der Waals surface area contributed by atoms with Gasteiger partial charge >= 0.3 is 0 Å². The van der Waals surface area contributed by atoms with Crippen LogP contribution in [0.1, 0.15) is 34.6 Å². The molecule has 0 unspecified atom stereocenters. The molecule has 136 valence electrons. The highest BCUT2D eigenvalue weighted by atomic mass is 35.5. The molecule has 0 bridgehead atoms. The van der Waals surface area contributed by atoms with Crippen LogP contribution in [0.3, 0.4) is 0 Å². The number of carbonyl (C=O) groups excluding carboxylic acids is 1. The first-order valence-corrected chi connectivity index (χ1v) is 10.2. The van der Waals surface area contributed by atoms with Gasteiger partial charge in [0, 0.05) is 11.1 Å². The molecule has 0 heterocycles. The normalized spacial score (nSPS) is 13.4. The van der Waals surface area contributed by atoms with E-state index in [1.54, 1.807) is 31.2 Å². The molecule has 0 radical (unpaired) electrons. The van der Waals surface area contributed by atoms with Crippen LogP contribution in [-0.4, -0.2) is 32.7 Å². The first-order chi connectivity index (χ1) is 10.9. The molecule has 0 saturated carbocycles. The lowest BCUT2D eigenvalue weighted by molar-refractivity contribution is -0.123. The summed E-state index contributed by atoms with van der Waals surface area (Å²) in [6, 6.07) is 5.51. The van der Waals surface area contributed by atoms with Crippen molar-refractivity contribution in [3.8, 4) is 0 Å². The first-order valence-electron chi connectivity index (χ1n) is 8.00. The molecular formula is C17H27ClN2O3S. The van der Waals surface area contributed by atoms with Crippen LogP contribution in [0, 0.1) is 11.8 Å². The molecule has 1 aromatic rings. The van der Waals surface area contributed by atoms with E-state index in [-0.39, 0.29) is 23.8 Å². The number of halogens is 1. The molecule has 5 nitrogen and oxygen atoms in total. The highest BCUT2D eigenvalue weighted by molar-refractivity contribution is 7.92. The zero-order valence-corrected chi connectivity index (χ0v) is 16.6. The topological polar surface area (TPSA) is 66.5 Å². The van der Waals surface area contributed by atoms with Gasteiger partial charge in [0.05, 0.1) is 11.9 Å². The molecule has 0 fully saturated rings. The number of rotatable bonds is 7. The maximum Gasteiger partial charge on any atom is 0.243 e. The van der Waals surface area contributed by atoms with Crippen molar-refractivity contribution in [1.29, 1.82) is 0 Å². The molecule has 7 heteroatoms. The molecule has 1 atom stereocenters. The third-order valence-corrected chi connectivity index (χ3v) is 5.41. The van der Waals surface area contributed by atoms with Crippen LogP contribution >= 0.6 is 11.6 Å². The minimum Gasteiger partial charge on any atom is -0.351 e. The molecule has 0 saturated heterocycles. The van der Waals surface area contributed by atoms with Crippen molar-refractivity contribution in [1.82, 2.24) is 5.32 Å². The van der Waals surface area contributed by atoms with Crippen molar-refractivity contribution >= 4 is 33.2 Å². The lowest BCUT2D eigenvalue weighted by atomic mass is 9.93. The summed E-state index contributed by atoms with van der Waals surface area (Å²) in [6.45, 7) is 9.71. The maximum absolute atomic E-state index is 12.6. The van der Waals surface area contributed by atoms with E-state index in [1.807, 2.05) is 27.7 Å². The summed E-state index contributed by atoms with van der Waals surface area (Å²) >= 11 is 5.86. The quantitative estimate of drug-likeness (QED) is 0.796. The smallest absolute Gasteiger partial charge is 0.243 e. The predicted octanol–water partition coefficient (Wildman–Crippen LogP) is 3.29. The van der Waals surface area contributed by atoms with E-state index in [4.69, 9.17) is 11.6 Å². The minimum absolute atomic E-state index is 0.0217. The Morgan fingerprint density at radius 2 is 1.50 bits per heavy atom. The molecule has 0 aliphatic rings. The summed E-state index contributed by atoms with van der Waals surface area (Å²) in [6.07, 6.45) is 1.09. The molecular weight excluding hydrogens is 348 g/mol. The van der Waals surface area contributed by atoms with Crippen molar-refractivity contribution in [2.24, 2.45) is 11.8 Å². The number of carbonyl (C=O) groups is 1. The second-order valence-electron chi connectivity index (χ2n) is 6.73. The van der Waals surface area contributed by atoms with Gasteiger partial charge in [-0.2, -0.15) is 0 Å². The molecule has 1 aromatic carbocycles. The standard InChI is InChI=1S/C17H27ClN2O3S/c1-11(2)16(12(3)4)19-17(21)13(5)20(24(6,22)23)15-9-7-14(18)8-10-15/h7-13,16H,1-6H3,(H,19,21)/t13-/m1/s1. The van der Waals surface area contributed by atoms with Gasteiger partial charge in [0.2, 0.25) is 15.9 Å². The van der Waals surface area contributed by atoms with Crippen LogP contribution < -0.4 is 9.62 Å². The number of amides is 1. The zero-order valence-electron chi connectivity index (χ0n) is 15.1. The van der Waals surface area contributed by atoms with Crippen molar-refractivity contribution in [3.63, 3.8) is 0 Å². The van der Waals surface area contributed by atoms with E-state index in [0.29, 0.717) is 10.7 Å². The van der Waals surface area contributed by atoms with E-state index in [1.165, 1.54) is 0 Å². The van der Waals surface area contributed by atoms with Gasteiger partial charge in [-0.1, -0.05) is 39.3 Å². The molecule has 0 spiro atoms. The number of sulfonamides is 1. The van der Waals surface area contributed by atoms with Gasteiger partial charge in [0.15, 0.2) is 0 Å². The second-order valence-corrected chi connectivity index (χ2v) is 9.03. The average molecular weight is 375 g/mol. The number of benzene rings is 1. The summed E-state index contributed by atoms with van der Waals surface area (Å²) < 4.78 is 25.6. The van der Waals surface area contributed by atoms with Crippen molar-refractivity contribution in [2.45, 2.75) is 46.7 Å². The number of hydrogen-bond acceptors (Lipinski definition) is 3. The highest BCUT2D eigenvalue weighted by Gasteiger charge is 2.31. The van der Waals surface area contributed by atoms with Gasteiger partial charge in [0.1, 0.15) is 6.04 Å². The molecule has 24 heavy (non-hydrogen) atoms. The predicted molar refractivity (Wildman–Crippen MR) is 99.8 cm³/mol. The number of nitrogens with one attached hydrogen (secondary N) is 1. The molecule has 1 rings (SSSR count). The van der Waals surface area contributed by atoms with Gasteiger partial charge in [-0.05, 0) is 43.0 Å². The zero-order chi connectivity index (χ0) is 18.7. The lowest BCUT2D eigenvalue weighted by Crippen LogP contribution is -2.52. The van der Waals surface area contributed by atoms with E-state index in [0.717, 1.165) is 10.6 Å². The van der Waals surface area contributed by atoms with Crippen LogP contribution in [0.25, 0.3) is 0 Å². The van der Waals surface area contributed by atoms with Crippen molar-refractivity contribution in [3.05, 3.63) is 29.3 Å². The summed E-state index contributed by atoms with van der Waals surface area (Å²) in [5.41, 5.74) is 0.412. The van der Waals surface area contributed by atoms with Crippen LogP contribution in [0.2, 0.25) is 5.02 Å². The molecule has 1 N–H and O–H groups in total. The van der Waals surface area contributed by atoms with Crippen LogP contribution in [0.4, 0.5) is 5.69 Å². The fraction of sp³-hybridized carbons (Fsp3) is 0.588. The SMILES string of the molecule is CC(C)C(NC(=O)[C@@H](C)N(c1ccc(Cl)cc1)S(C)(=O)=O)C(C)C. The van der Waals surface area contributed by atoms with Gasteiger partial charge in [-0.15, -0.1) is 0 Å².